The molecule has 1 unspecified atom stereocenters. The summed E-state index contributed by atoms with van der Waals surface area (Å²) < 4.78 is 17.0. The zero-order valence-corrected chi connectivity index (χ0v) is 22.2. The fourth-order valence-corrected chi connectivity index (χ4v) is 3.89. The van der Waals surface area contributed by atoms with Crippen molar-refractivity contribution in [2.24, 2.45) is 0 Å². The van der Waals surface area contributed by atoms with Crippen LogP contribution >= 0.6 is 11.6 Å². The zero-order valence-electron chi connectivity index (χ0n) is 21.5. The van der Waals surface area contributed by atoms with Gasteiger partial charge in [0.15, 0.2) is 6.61 Å². The topological polar surface area (TPSA) is 110 Å². The summed E-state index contributed by atoms with van der Waals surface area (Å²) in [4.78, 5) is 23.4. The van der Waals surface area contributed by atoms with Crippen LogP contribution < -0.4 is 35.7 Å². The van der Waals surface area contributed by atoms with Crippen molar-refractivity contribution in [3.63, 3.8) is 0 Å². The average Bonchev–Trinajstić information content (AvgIpc) is 2.88. The van der Waals surface area contributed by atoms with Crippen LogP contribution in [0.5, 0.6) is 17.2 Å². The van der Waals surface area contributed by atoms with E-state index in [1.165, 1.54) is 0 Å². The molecule has 2 aromatic carbocycles. The summed E-state index contributed by atoms with van der Waals surface area (Å²) in [5, 5.41) is 6.59. The quantitative estimate of drug-likeness (QED) is 0.260. The molecule has 0 radical (unpaired) electrons. The predicted molar refractivity (Wildman–Crippen MR) is 143 cm³/mol. The van der Waals surface area contributed by atoms with Gasteiger partial charge in [-0.3, -0.25) is 15.0 Å². The molecule has 2 aromatic rings. The summed E-state index contributed by atoms with van der Waals surface area (Å²) in [6.45, 7) is 6.67. The Hall–Kier alpha value is -3.01. The van der Waals surface area contributed by atoms with Gasteiger partial charge in [0.25, 0.3) is 5.91 Å². The number of ether oxygens (including phenoxy) is 3. The Labute approximate surface area is 223 Å². The van der Waals surface area contributed by atoms with Crippen molar-refractivity contribution in [3.05, 3.63) is 53.1 Å². The van der Waals surface area contributed by atoms with E-state index in [4.69, 9.17) is 25.8 Å². The summed E-state index contributed by atoms with van der Waals surface area (Å²) in [6.07, 6.45) is 2.75. The molecule has 1 aliphatic rings. The van der Waals surface area contributed by atoms with Crippen LogP contribution in [-0.2, 0) is 9.59 Å². The van der Waals surface area contributed by atoms with Crippen molar-refractivity contribution in [3.8, 4) is 17.2 Å². The van der Waals surface area contributed by atoms with E-state index in [-0.39, 0.29) is 24.5 Å². The van der Waals surface area contributed by atoms with Crippen LogP contribution in [0.25, 0.3) is 0 Å². The van der Waals surface area contributed by atoms with E-state index < -0.39 is 0 Å². The fourth-order valence-electron chi connectivity index (χ4n) is 3.65. The van der Waals surface area contributed by atoms with Crippen molar-refractivity contribution < 1.29 is 23.8 Å². The molecule has 1 fully saturated rings. The van der Waals surface area contributed by atoms with Crippen molar-refractivity contribution in [1.82, 2.24) is 21.5 Å². The Morgan fingerprint density at radius 2 is 1.70 bits per heavy atom. The van der Waals surface area contributed by atoms with Crippen LogP contribution in [0.4, 0.5) is 0 Å². The molecule has 10 heteroatoms. The van der Waals surface area contributed by atoms with E-state index >= 15 is 0 Å². The monoisotopic (exact) mass is 532 g/mol. The lowest BCUT2D eigenvalue weighted by molar-refractivity contribution is -0.124. The Balaban J connectivity index is 1.26. The largest absolute Gasteiger partial charge is 0.494 e. The van der Waals surface area contributed by atoms with Crippen LogP contribution in [0.15, 0.2) is 42.5 Å². The maximum atomic E-state index is 12.1. The highest BCUT2D eigenvalue weighted by atomic mass is 35.5. The molecule has 202 valence electrons. The first-order valence-corrected chi connectivity index (χ1v) is 13.1. The molecule has 9 nitrogen and oxygen atoms in total. The highest BCUT2D eigenvalue weighted by molar-refractivity contribution is 6.32. The lowest BCUT2D eigenvalue weighted by atomic mass is 10.0. The third kappa shape index (κ3) is 10.5. The minimum absolute atomic E-state index is 0.0109. The van der Waals surface area contributed by atoms with E-state index in [2.05, 4.69) is 35.3 Å². The molecular weight excluding hydrogens is 496 g/mol. The molecule has 4 N–H and O–H groups in total. The van der Waals surface area contributed by atoms with E-state index in [0.29, 0.717) is 55.8 Å². The molecule has 1 saturated heterocycles. The SMILES string of the molecule is CC(C)NCCCOc1ccc(OCCCNC(=O)COc2ccc(C3CCC(=O)NN3)cc2Cl)cc1. The van der Waals surface area contributed by atoms with Crippen molar-refractivity contribution in [2.45, 2.75) is 51.6 Å². The minimum atomic E-state index is -0.234. The maximum absolute atomic E-state index is 12.1. The van der Waals surface area contributed by atoms with Crippen LogP contribution in [0, 0.1) is 0 Å². The summed E-state index contributed by atoms with van der Waals surface area (Å²) in [7, 11) is 0. The fraction of sp³-hybridized carbons (Fsp3) is 0.481. The van der Waals surface area contributed by atoms with Gasteiger partial charge in [0.05, 0.1) is 24.3 Å². The average molecular weight is 533 g/mol. The number of carbonyl (C=O) groups excluding carboxylic acids is 2. The van der Waals surface area contributed by atoms with Gasteiger partial charge in [-0.05, 0) is 67.8 Å². The lowest BCUT2D eigenvalue weighted by Crippen LogP contribution is -2.44. The number of carbonyl (C=O) groups is 2. The van der Waals surface area contributed by atoms with Gasteiger partial charge in [0.1, 0.15) is 17.2 Å². The predicted octanol–water partition coefficient (Wildman–Crippen LogP) is 3.53. The van der Waals surface area contributed by atoms with Crippen LogP contribution in [0.1, 0.15) is 51.1 Å². The number of hydrogen-bond donors (Lipinski definition) is 4. The molecule has 0 bridgehead atoms. The molecule has 0 spiro atoms. The van der Waals surface area contributed by atoms with Gasteiger partial charge < -0.3 is 24.8 Å². The Bertz CT molecular complexity index is 993. The standard InChI is InChI=1S/C27H37ClN4O5/c1-19(2)29-13-3-15-35-21-6-8-22(9-7-21)36-16-4-14-30-27(34)18-37-25-11-5-20(17-23(25)28)24-10-12-26(33)32-31-24/h5-9,11,17,19,24,29,31H,3-4,10,12-16,18H2,1-2H3,(H,30,34)(H,32,33). The molecule has 1 aliphatic heterocycles. The van der Waals surface area contributed by atoms with E-state index in [1.807, 2.05) is 30.3 Å². The Morgan fingerprint density at radius 1 is 1.03 bits per heavy atom. The summed E-state index contributed by atoms with van der Waals surface area (Å²) in [5.41, 5.74) is 6.53. The van der Waals surface area contributed by atoms with Gasteiger partial charge in [-0.1, -0.05) is 31.5 Å². The number of amides is 2. The summed E-state index contributed by atoms with van der Waals surface area (Å²) in [6, 6.07) is 13.4. The first-order valence-electron chi connectivity index (χ1n) is 12.7. The normalized spacial score (nSPS) is 15.2. The number of nitrogens with one attached hydrogen (secondary N) is 4. The highest BCUT2D eigenvalue weighted by Crippen LogP contribution is 2.30. The van der Waals surface area contributed by atoms with Crippen LogP contribution in [-0.4, -0.2) is 50.8 Å². The van der Waals surface area contributed by atoms with Crippen molar-refractivity contribution >= 4 is 23.4 Å². The lowest BCUT2D eigenvalue weighted by Gasteiger charge is -2.24. The number of hydrazine groups is 1. The summed E-state index contributed by atoms with van der Waals surface area (Å²) >= 11 is 6.32. The Kier molecular flexibility index (Phi) is 11.8. The second-order valence-corrected chi connectivity index (χ2v) is 9.50. The third-order valence-electron chi connectivity index (χ3n) is 5.64. The number of hydrogen-bond acceptors (Lipinski definition) is 7. The van der Waals surface area contributed by atoms with Gasteiger partial charge in [0.2, 0.25) is 5.91 Å². The number of benzene rings is 2. The van der Waals surface area contributed by atoms with Crippen molar-refractivity contribution in [1.29, 1.82) is 0 Å². The van der Waals surface area contributed by atoms with Crippen molar-refractivity contribution in [2.75, 3.05) is 32.9 Å². The smallest absolute Gasteiger partial charge is 0.257 e. The molecule has 0 aromatic heterocycles. The third-order valence-corrected chi connectivity index (χ3v) is 5.94. The zero-order chi connectivity index (χ0) is 26.5. The molecule has 2 amide bonds. The Morgan fingerprint density at radius 3 is 2.30 bits per heavy atom. The molecular formula is C27H37ClN4O5. The molecule has 3 rings (SSSR count). The van der Waals surface area contributed by atoms with Crippen LogP contribution in [0.3, 0.4) is 0 Å². The number of rotatable bonds is 15. The second kappa shape index (κ2) is 15.3. The van der Waals surface area contributed by atoms with Gasteiger partial charge >= 0.3 is 0 Å². The van der Waals surface area contributed by atoms with E-state index in [1.54, 1.807) is 12.1 Å². The highest BCUT2D eigenvalue weighted by Gasteiger charge is 2.20. The second-order valence-electron chi connectivity index (χ2n) is 9.10. The first-order chi connectivity index (χ1) is 17.9. The van der Waals surface area contributed by atoms with Gasteiger partial charge in [-0.2, -0.15) is 0 Å². The summed E-state index contributed by atoms with van der Waals surface area (Å²) in [5.74, 6) is 1.75. The molecule has 1 atom stereocenters. The number of halogens is 1. The van der Waals surface area contributed by atoms with Gasteiger partial charge in [-0.15, -0.1) is 0 Å². The van der Waals surface area contributed by atoms with Gasteiger partial charge in [0, 0.05) is 19.0 Å². The molecule has 0 saturated carbocycles. The maximum Gasteiger partial charge on any atom is 0.257 e. The molecule has 0 aliphatic carbocycles. The minimum Gasteiger partial charge on any atom is -0.494 e. The first kappa shape index (κ1) is 28.6. The molecule has 37 heavy (non-hydrogen) atoms. The van der Waals surface area contributed by atoms with E-state index in [0.717, 1.165) is 30.0 Å². The van der Waals surface area contributed by atoms with Crippen LogP contribution in [0.2, 0.25) is 5.02 Å². The van der Waals surface area contributed by atoms with E-state index in [9.17, 15) is 9.59 Å². The van der Waals surface area contributed by atoms with Gasteiger partial charge in [-0.25, -0.2) is 5.43 Å². The molecule has 1 heterocycles.